The third-order valence-corrected chi connectivity index (χ3v) is 5.33. The third-order valence-electron chi connectivity index (χ3n) is 5.33. The van der Waals surface area contributed by atoms with E-state index in [4.69, 9.17) is 4.74 Å². The van der Waals surface area contributed by atoms with Crippen molar-refractivity contribution in [3.05, 3.63) is 53.6 Å². The molecule has 3 N–H and O–H groups in total. The van der Waals surface area contributed by atoms with Crippen molar-refractivity contribution in [3.63, 3.8) is 0 Å². The summed E-state index contributed by atoms with van der Waals surface area (Å²) in [5, 5.41) is 14.8. The van der Waals surface area contributed by atoms with Crippen LogP contribution < -0.4 is 10.6 Å². The van der Waals surface area contributed by atoms with E-state index in [9.17, 15) is 19.1 Å². The summed E-state index contributed by atoms with van der Waals surface area (Å²) in [4.78, 5) is 31.4. The molecule has 172 valence electrons. The van der Waals surface area contributed by atoms with E-state index in [0.717, 1.165) is 5.69 Å². The van der Waals surface area contributed by atoms with Crippen molar-refractivity contribution in [3.8, 4) is 0 Å². The average Bonchev–Trinajstić information content (AvgIpc) is 2.69. The third kappa shape index (κ3) is 5.92. The van der Waals surface area contributed by atoms with Gasteiger partial charge in [-0.1, -0.05) is 0 Å². The Morgan fingerprint density at radius 2 is 1.97 bits per heavy atom. The molecule has 3 amide bonds. The summed E-state index contributed by atoms with van der Waals surface area (Å²) in [6.45, 7) is 5.60. The smallest absolute Gasteiger partial charge is 0.407 e. The number of benzene rings is 1. The van der Waals surface area contributed by atoms with Crippen molar-refractivity contribution in [2.45, 2.75) is 25.9 Å². The van der Waals surface area contributed by atoms with E-state index < -0.39 is 23.5 Å². The molecule has 0 aliphatic carbocycles. The van der Waals surface area contributed by atoms with Crippen LogP contribution >= 0.6 is 0 Å². The molecule has 1 aromatic carbocycles. The van der Waals surface area contributed by atoms with Gasteiger partial charge in [0.2, 0.25) is 0 Å². The zero-order chi connectivity index (χ0) is 23.3. The van der Waals surface area contributed by atoms with Gasteiger partial charge in [-0.05, 0) is 49.7 Å². The van der Waals surface area contributed by atoms with Gasteiger partial charge in [-0.2, -0.15) is 0 Å². The van der Waals surface area contributed by atoms with Gasteiger partial charge in [-0.15, -0.1) is 0 Å². The number of rotatable bonds is 6. The maximum absolute atomic E-state index is 14.2. The molecule has 0 saturated carbocycles. The van der Waals surface area contributed by atoms with Crippen LogP contribution in [0.5, 0.6) is 0 Å². The molecular weight excluding hydrogens is 417 g/mol. The van der Waals surface area contributed by atoms with Gasteiger partial charge in [0, 0.05) is 44.7 Å². The topological polar surface area (TPSA) is 107 Å². The first kappa shape index (κ1) is 23.4. The second kappa shape index (κ2) is 9.92. The Kier molecular flexibility index (Phi) is 7.26. The summed E-state index contributed by atoms with van der Waals surface area (Å²) in [6, 6.07) is 7.35. The molecule has 0 unspecified atom stereocenters. The van der Waals surface area contributed by atoms with E-state index in [-0.39, 0.29) is 6.61 Å². The molecule has 1 aromatic heterocycles. The van der Waals surface area contributed by atoms with Gasteiger partial charge in [0.05, 0.1) is 24.0 Å². The molecule has 0 bridgehead atoms. The number of piperazine rings is 1. The van der Waals surface area contributed by atoms with Crippen LogP contribution in [0.3, 0.4) is 0 Å². The number of carbonyl (C=O) groups excluding carboxylic acids is 1. The number of methoxy groups -OCH3 is 1. The minimum absolute atomic E-state index is 0.250. The molecule has 0 radical (unpaired) electrons. The van der Waals surface area contributed by atoms with Crippen LogP contribution in [-0.4, -0.2) is 70.9 Å². The molecule has 1 atom stereocenters. The second-order valence-corrected chi connectivity index (χ2v) is 8.19. The number of halogens is 1. The minimum atomic E-state index is -0.990. The van der Waals surface area contributed by atoms with Crippen LogP contribution in [0.25, 0.3) is 0 Å². The van der Waals surface area contributed by atoms with E-state index >= 15 is 0 Å². The lowest BCUT2D eigenvalue weighted by atomic mass is 9.97. The number of hydrogen-bond donors (Lipinski definition) is 3. The highest BCUT2D eigenvalue weighted by Gasteiger charge is 2.40. The quantitative estimate of drug-likeness (QED) is 0.629. The number of aryl methyl sites for hydroxylation is 1. The zero-order valence-corrected chi connectivity index (χ0v) is 18.4. The molecule has 0 spiro atoms. The van der Waals surface area contributed by atoms with Gasteiger partial charge in [0.25, 0.3) is 0 Å². The molecule has 3 rings (SSSR count). The molecule has 2 aromatic rings. The monoisotopic (exact) mass is 445 g/mol. The summed E-state index contributed by atoms with van der Waals surface area (Å²) in [7, 11) is 1.53. The fourth-order valence-corrected chi connectivity index (χ4v) is 3.96. The Hall–Kier alpha value is -3.24. The molecule has 2 heterocycles. The van der Waals surface area contributed by atoms with Gasteiger partial charge in [-0.3, -0.25) is 14.8 Å². The van der Waals surface area contributed by atoms with Crippen molar-refractivity contribution < 1.29 is 23.8 Å². The molecule has 9 nitrogen and oxygen atoms in total. The van der Waals surface area contributed by atoms with E-state index in [1.807, 2.05) is 13.8 Å². The fraction of sp³-hybridized carbons (Fsp3) is 0.409. The van der Waals surface area contributed by atoms with Crippen LogP contribution in [0.1, 0.15) is 18.2 Å². The number of aromatic nitrogens is 1. The van der Waals surface area contributed by atoms with Gasteiger partial charge in [-0.25, -0.2) is 14.0 Å². The number of ether oxygens (including phenoxy) is 1. The van der Waals surface area contributed by atoms with E-state index in [1.54, 1.807) is 24.4 Å². The highest BCUT2D eigenvalue weighted by molar-refractivity contribution is 5.99. The van der Waals surface area contributed by atoms with Crippen LogP contribution in [0, 0.1) is 12.7 Å². The number of pyridine rings is 1. The maximum Gasteiger partial charge on any atom is 0.407 e. The molecule has 1 fully saturated rings. The predicted molar refractivity (Wildman–Crippen MR) is 118 cm³/mol. The summed E-state index contributed by atoms with van der Waals surface area (Å²) < 4.78 is 19.5. The van der Waals surface area contributed by atoms with Crippen LogP contribution in [0.2, 0.25) is 0 Å². The van der Waals surface area contributed by atoms with E-state index in [2.05, 4.69) is 20.5 Å². The molecule has 10 heteroatoms. The molecule has 1 aliphatic heterocycles. The Labute approximate surface area is 186 Å². The summed E-state index contributed by atoms with van der Waals surface area (Å²) >= 11 is 0. The molecule has 32 heavy (non-hydrogen) atoms. The number of hydrogen-bond acceptors (Lipinski definition) is 5. The van der Waals surface area contributed by atoms with Crippen LogP contribution in [-0.2, 0) is 11.3 Å². The first-order chi connectivity index (χ1) is 15.2. The summed E-state index contributed by atoms with van der Waals surface area (Å²) in [5.41, 5.74) is 1.63. The summed E-state index contributed by atoms with van der Waals surface area (Å²) in [6.07, 6.45) is 0.552. The molecule has 1 aliphatic rings. The number of nitrogens with zero attached hydrogens (tertiary/aromatic N) is 3. The van der Waals surface area contributed by atoms with Crippen molar-refractivity contribution >= 4 is 23.5 Å². The zero-order valence-electron chi connectivity index (χ0n) is 18.4. The van der Waals surface area contributed by atoms with Crippen LogP contribution in [0.4, 0.5) is 25.4 Å². The number of carboxylic acid groups (broad SMARTS) is 1. The lowest BCUT2D eigenvalue weighted by Gasteiger charge is -2.47. The Morgan fingerprint density at radius 3 is 2.62 bits per heavy atom. The average molecular weight is 445 g/mol. The largest absolute Gasteiger partial charge is 0.465 e. The van der Waals surface area contributed by atoms with Gasteiger partial charge in [0.15, 0.2) is 0 Å². The Morgan fingerprint density at radius 1 is 1.22 bits per heavy atom. The lowest BCUT2D eigenvalue weighted by Crippen LogP contribution is -2.64. The van der Waals surface area contributed by atoms with E-state index in [1.165, 1.54) is 24.1 Å². The SMILES string of the molecule is COC[C@]1(C)CN(Cc2cc(F)cc(NC(=O)Nc3ccc(C)nc3)c2)CCN1C(=O)O. The normalized spacial score (nSPS) is 18.9. The molecular formula is C22H28FN5O4. The summed E-state index contributed by atoms with van der Waals surface area (Å²) in [5.74, 6) is -0.473. The predicted octanol–water partition coefficient (Wildman–Crippen LogP) is 3.37. The maximum atomic E-state index is 14.2. The fourth-order valence-electron chi connectivity index (χ4n) is 3.96. The number of anilines is 2. The van der Waals surface area contributed by atoms with Crippen molar-refractivity contribution in [1.82, 2.24) is 14.8 Å². The first-order valence-corrected chi connectivity index (χ1v) is 10.2. The van der Waals surface area contributed by atoms with Gasteiger partial charge in [0.1, 0.15) is 5.82 Å². The van der Waals surface area contributed by atoms with Crippen molar-refractivity contribution in [2.75, 3.05) is 44.0 Å². The number of urea groups is 1. The number of amides is 3. The van der Waals surface area contributed by atoms with Gasteiger partial charge >= 0.3 is 12.1 Å². The van der Waals surface area contributed by atoms with E-state index in [0.29, 0.717) is 43.1 Å². The number of nitrogens with one attached hydrogen (secondary N) is 2. The molecule has 1 saturated heterocycles. The standard InChI is InChI=1S/C22H28FN5O4/c1-15-4-5-18(11-24-15)25-20(29)26-19-9-16(8-17(23)10-19)12-27-6-7-28(21(30)31)22(2,13-27)14-32-3/h4-5,8-11H,6-7,12-14H2,1-3H3,(H,30,31)(H2,25,26,29)/t22-/m0/s1. The highest BCUT2D eigenvalue weighted by atomic mass is 19.1. The Balaban J connectivity index is 1.67. The number of carbonyl (C=O) groups is 2. The Bertz CT molecular complexity index is 971. The first-order valence-electron chi connectivity index (χ1n) is 10.2. The van der Waals surface area contributed by atoms with Crippen LogP contribution in [0.15, 0.2) is 36.5 Å². The lowest BCUT2D eigenvalue weighted by molar-refractivity contribution is -0.0283. The minimum Gasteiger partial charge on any atom is -0.465 e. The van der Waals surface area contributed by atoms with Crippen molar-refractivity contribution in [1.29, 1.82) is 0 Å². The second-order valence-electron chi connectivity index (χ2n) is 8.19. The van der Waals surface area contributed by atoms with Crippen molar-refractivity contribution in [2.24, 2.45) is 0 Å². The highest BCUT2D eigenvalue weighted by Crippen LogP contribution is 2.24. The van der Waals surface area contributed by atoms with Gasteiger partial charge < -0.3 is 20.5 Å².